The molecule has 1 unspecified atom stereocenters. The van der Waals surface area contributed by atoms with E-state index in [1.807, 2.05) is 18.2 Å². The van der Waals surface area contributed by atoms with Crippen LogP contribution in [0.2, 0.25) is 0 Å². The van der Waals surface area contributed by atoms with Gasteiger partial charge >= 0.3 is 0 Å². The Morgan fingerprint density at radius 1 is 0.950 bits per heavy atom. The van der Waals surface area contributed by atoms with Crippen LogP contribution in [0.3, 0.4) is 0 Å². The molecule has 0 bridgehead atoms. The zero-order valence-electron chi connectivity index (χ0n) is 12.1. The molecule has 0 heterocycles. The Morgan fingerprint density at radius 3 is 2.25 bits per heavy atom. The quantitative estimate of drug-likeness (QED) is 0.842. The van der Waals surface area contributed by atoms with Crippen LogP contribution in [-0.2, 0) is 0 Å². The summed E-state index contributed by atoms with van der Waals surface area (Å²) < 4.78 is 6.53. The summed E-state index contributed by atoms with van der Waals surface area (Å²) in [7, 11) is 1.71. The smallest absolute Gasteiger partial charge is 0.123 e. The van der Waals surface area contributed by atoms with Crippen LogP contribution in [0.4, 0.5) is 0 Å². The van der Waals surface area contributed by atoms with Crippen LogP contribution < -0.4 is 10.1 Å². The van der Waals surface area contributed by atoms with Crippen molar-refractivity contribution in [2.75, 3.05) is 7.11 Å². The summed E-state index contributed by atoms with van der Waals surface area (Å²) in [5.74, 6) is 0.926. The van der Waals surface area contributed by atoms with E-state index in [-0.39, 0.29) is 12.1 Å². The van der Waals surface area contributed by atoms with Gasteiger partial charge in [-0.2, -0.15) is 0 Å². The summed E-state index contributed by atoms with van der Waals surface area (Å²) >= 11 is 3.46. The van der Waals surface area contributed by atoms with Crippen molar-refractivity contribution in [1.29, 1.82) is 0 Å². The van der Waals surface area contributed by atoms with E-state index in [0.29, 0.717) is 0 Å². The van der Waals surface area contributed by atoms with Crippen molar-refractivity contribution in [3.8, 4) is 5.75 Å². The maximum atomic E-state index is 5.42. The van der Waals surface area contributed by atoms with Crippen molar-refractivity contribution in [3.63, 3.8) is 0 Å². The summed E-state index contributed by atoms with van der Waals surface area (Å²) in [5, 5.41) is 3.61. The molecular formula is C17H20BrNO. The first kappa shape index (κ1) is 15.1. The Balaban J connectivity index is 2.10. The van der Waals surface area contributed by atoms with Crippen LogP contribution in [0.25, 0.3) is 0 Å². The first-order valence-corrected chi connectivity index (χ1v) is 7.55. The fourth-order valence-electron chi connectivity index (χ4n) is 2.34. The van der Waals surface area contributed by atoms with Crippen LogP contribution >= 0.6 is 15.9 Å². The second kappa shape index (κ2) is 6.91. The van der Waals surface area contributed by atoms with Gasteiger partial charge in [-0.05, 0) is 37.6 Å². The van der Waals surface area contributed by atoms with Gasteiger partial charge in [0.05, 0.1) is 7.11 Å². The average Bonchev–Trinajstić information content (AvgIpc) is 2.47. The van der Waals surface area contributed by atoms with Gasteiger partial charge in [-0.15, -0.1) is 0 Å². The van der Waals surface area contributed by atoms with Crippen molar-refractivity contribution < 1.29 is 4.74 Å². The van der Waals surface area contributed by atoms with Gasteiger partial charge in [-0.3, -0.25) is 0 Å². The molecule has 2 nitrogen and oxygen atoms in total. The van der Waals surface area contributed by atoms with E-state index in [9.17, 15) is 0 Å². The lowest BCUT2D eigenvalue weighted by Crippen LogP contribution is -2.22. The van der Waals surface area contributed by atoms with Crippen LogP contribution in [-0.4, -0.2) is 7.11 Å². The second-order valence-electron chi connectivity index (χ2n) is 4.90. The molecule has 0 aliphatic rings. The molecule has 0 radical (unpaired) electrons. The number of hydrogen-bond donors (Lipinski definition) is 1. The first-order chi connectivity index (χ1) is 9.61. The number of nitrogens with one attached hydrogen (secondary N) is 1. The van der Waals surface area contributed by atoms with E-state index in [4.69, 9.17) is 4.74 Å². The minimum atomic E-state index is 0.227. The lowest BCUT2D eigenvalue weighted by molar-refractivity contribution is 0.396. The molecule has 20 heavy (non-hydrogen) atoms. The van der Waals surface area contributed by atoms with E-state index in [1.165, 1.54) is 11.1 Å². The van der Waals surface area contributed by atoms with E-state index < -0.39 is 0 Å². The lowest BCUT2D eigenvalue weighted by atomic mass is 10.0. The standard InChI is InChI=1S/C17H20BrNO/c1-12(14-8-10-15(18)11-9-14)19-13(2)16-6-4-5-7-17(16)20-3/h4-13,19H,1-3H3/t12-,13?/m1/s1. The number of para-hydroxylation sites is 1. The minimum absolute atomic E-state index is 0.227. The van der Waals surface area contributed by atoms with Gasteiger partial charge in [-0.1, -0.05) is 46.3 Å². The van der Waals surface area contributed by atoms with E-state index in [1.54, 1.807) is 7.11 Å². The van der Waals surface area contributed by atoms with Crippen molar-refractivity contribution in [3.05, 3.63) is 64.1 Å². The Hall–Kier alpha value is -1.32. The largest absolute Gasteiger partial charge is 0.496 e. The van der Waals surface area contributed by atoms with Gasteiger partial charge in [0.25, 0.3) is 0 Å². The maximum Gasteiger partial charge on any atom is 0.123 e. The summed E-state index contributed by atoms with van der Waals surface area (Å²) in [6, 6.07) is 17.1. The highest BCUT2D eigenvalue weighted by Gasteiger charge is 2.14. The molecule has 106 valence electrons. The molecule has 2 rings (SSSR count). The SMILES string of the molecule is COc1ccccc1C(C)N[C@H](C)c1ccc(Br)cc1. The zero-order valence-corrected chi connectivity index (χ0v) is 13.6. The number of rotatable bonds is 5. The van der Waals surface area contributed by atoms with Gasteiger partial charge in [0, 0.05) is 22.1 Å². The highest BCUT2D eigenvalue weighted by molar-refractivity contribution is 9.10. The number of methoxy groups -OCH3 is 1. The molecule has 2 aromatic carbocycles. The summed E-state index contributed by atoms with van der Waals surface area (Å²) in [5.41, 5.74) is 2.45. The van der Waals surface area contributed by atoms with Crippen molar-refractivity contribution in [2.24, 2.45) is 0 Å². The fraction of sp³-hybridized carbons (Fsp3) is 0.294. The van der Waals surface area contributed by atoms with Crippen LogP contribution in [0.15, 0.2) is 53.0 Å². The highest BCUT2D eigenvalue weighted by Crippen LogP contribution is 2.27. The fourth-order valence-corrected chi connectivity index (χ4v) is 2.60. The molecule has 0 saturated carbocycles. The third-order valence-corrected chi connectivity index (χ3v) is 4.00. The molecular weight excluding hydrogens is 314 g/mol. The van der Waals surface area contributed by atoms with E-state index >= 15 is 0 Å². The van der Waals surface area contributed by atoms with E-state index in [0.717, 1.165) is 10.2 Å². The molecule has 0 saturated heterocycles. The Kier molecular flexibility index (Phi) is 5.21. The Labute approximate surface area is 129 Å². The minimum Gasteiger partial charge on any atom is -0.496 e. The molecule has 1 N–H and O–H groups in total. The molecule has 0 spiro atoms. The van der Waals surface area contributed by atoms with Crippen LogP contribution in [0, 0.1) is 0 Å². The predicted octanol–water partition coefficient (Wildman–Crippen LogP) is 4.87. The zero-order chi connectivity index (χ0) is 14.5. The monoisotopic (exact) mass is 333 g/mol. The summed E-state index contributed by atoms with van der Waals surface area (Å²) in [4.78, 5) is 0. The molecule has 0 aliphatic heterocycles. The van der Waals surface area contributed by atoms with Gasteiger partial charge in [0.2, 0.25) is 0 Å². The Bertz CT molecular complexity index is 553. The molecule has 3 heteroatoms. The van der Waals surface area contributed by atoms with Gasteiger partial charge in [-0.25, -0.2) is 0 Å². The third kappa shape index (κ3) is 3.62. The topological polar surface area (TPSA) is 21.3 Å². The molecule has 2 atom stereocenters. The van der Waals surface area contributed by atoms with Crippen LogP contribution in [0.5, 0.6) is 5.75 Å². The second-order valence-corrected chi connectivity index (χ2v) is 5.82. The average molecular weight is 334 g/mol. The molecule has 0 aliphatic carbocycles. The lowest BCUT2D eigenvalue weighted by Gasteiger charge is -2.22. The van der Waals surface area contributed by atoms with Crippen molar-refractivity contribution >= 4 is 15.9 Å². The van der Waals surface area contributed by atoms with Gasteiger partial charge in [0.15, 0.2) is 0 Å². The predicted molar refractivity (Wildman–Crippen MR) is 87.1 cm³/mol. The Morgan fingerprint density at radius 2 is 1.60 bits per heavy atom. The number of benzene rings is 2. The maximum absolute atomic E-state index is 5.42. The summed E-state index contributed by atoms with van der Waals surface area (Å²) in [6.07, 6.45) is 0. The normalized spacial score (nSPS) is 13.8. The number of halogens is 1. The van der Waals surface area contributed by atoms with E-state index in [2.05, 4.69) is 65.4 Å². The van der Waals surface area contributed by atoms with Crippen LogP contribution in [0.1, 0.15) is 37.1 Å². The first-order valence-electron chi connectivity index (χ1n) is 6.76. The third-order valence-electron chi connectivity index (χ3n) is 3.48. The van der Waals surface area contributed by atoms with Gasteiger partial charge in [0.1, 0.15) is 5.75 Å². The number of ether oxygens (including phenoxy) is 1. The highest BCUT2D eigenvalue weighted by atomic mass is 79.9. The molecule has 0 aromatic heterocycles. The molecule has 0 amide bonds. The molecule has 2 aromatic rings. The van der Waals surface area contributed by atoms with Crippen molar-refractivity contribution in [2.45, 2.75) is 25.9 Å². The summed E-state index contributed by atoms with van der Waals surface area (Å²) in [6.45, 7) is 4.34. The molecule has 0 fully saturated rings. The van der Waals surface area contributed by atoms with Gasteiger partial charge < -0.3 is 10.1 Å². The number of hydrogen-bond acceptors (Lipinski definition) is 2. The van der Waals surface area contributed by atoms with Crippen molar-refractivity contribution in [1.82, 2.24) is 5.32 Å².